The topological polar surface area (TPSA) is 21.3 Å². The first-order chi connectivity index (χ1) is 8.55. The molecule has 0 amide bonds. The molecule has 1 aliphatic rings. The highest BCUT2D eigenvalue weighted by molar-refractivity contribution is 5.31. The Balaban J connectivity index is 1.97. The highest BCUT2D eigenvalue weighted by atomic mass is 16.5. The van der Waals surface area contributed by atoms with Crippen LogP contribution in [-0.4, -0.2) is 19.2 Å². The van der Waals surface area contributed by atoms with Crippen molar-refractivity contribution in [3.05, 3.63) is 29.8 Å². The molecule has 1 aliphatic heterocycles. The van der Waals surface area contributed by atoms with Crippen molar-refractivity contribution < 1.29 is 4.74 Å². The monoisotopic (exact) mass is 247 g/mol. The van der Waals surface area contributed by atoms with Crippen LogP contribution in [0, 0.1) is 0 Å². The van der Waals surface area contributed by atoms with E-state index in [1.54, 1.807) is 0 Å². The fourth-order valence-electron chi connectivity index (χ4n) is 2.31. The predicted molar refractivity (Wildman–Crippen MR) is 76.3 cm³/mol. The zero-order valence-electron chi connectivity index (χ0n) is 11.8. The van der Waals surface area contributed by atoms with Crippen molar-refractivity contribution in [3.63, 3.8) is 0 Å². The molecule has 1 unspecified atom stereocenters. The highest BCUT2D eigenvalue weighted by Crippen LogP contribution is 2.25. The standard InChI is InChI=1S/C16H25NO/c1-16(2,3)13-7-9-14(10-8-13)18-15-6-4-5-11-17-12-15/h7-10,15,17H,4-6,11-12H2,1-3H3. The van der Waals surface area contributed by atoms with Crippen molar-refractivity contribution in [3.8, 4) is 5.75 Å². The fraction of sp³-hybridized carbons (Fsp3) is 0.625. The van der Waals surface area contributed by atoms with Crippen molar-refractivity contribution in [2.24, 2.45) is 0 Å². The normalized spacial score (nSPS) is 21.4. The second-order valence-electron chi connectivity index (χ2n) is 6.21. The van der Waals surface area contributed by atoms with Gasteiger partial charge in [0.1, 0.15) is 11.9 Å². The minimum Gasteiger partial charge on any atom is -0.489 e. The Morgan fingerprint density at radius 3 is 2.50 bits per heavy atom. The van der Waals surface area contributed by atoms with Gasteiger partial charge in [-0.1, -0.05) is 32.9 Å². The Morgan fingerprint density at radius 2 is 1.83 bits per heavy atom. The van der Waals surface area contributed by atoms with E-state index in [0.717, 1.165) is 25.3 Å². The van der Waals surface area contributed by atoms with E-state index in [1.807, 2.05) is 0 Å². The average Bonchev–Trinajstić information content (AvgIpc) is 2.57. The van der Waals surface area contributed by atoms with E-state index in [4.69, 9.17) is 4.74 Å². The Kier molecular flexibility index (Phi) is 4.28. The second-order valence-corrected chi connectivity index (χ2v) is 6.21. The number of ether oxygens (including phenoxy) is 1. The molecule has 0 aliphatic carbocycles. The molecular weight excluding hydrogens is 222 g/mol. The van der Waals surface area contributed by atoms with E-state index < -0.39 is 0 Å². The van der Waals surface area contributed by atoms with Gasteiger partial charge in [0.15, 0.2) is 0 Å². The summed E-state index contributed by atoms with van der Waals surface area (Å²) in [7, 11) is 0. The Labute approximate surface area is 111 Å². The van der Waals surface area contributed by atoms with E-state index in [2.05, 4.69) is 50.4 Å². The van der Waals surface area contributed by atoms with Crippen LogP contribution in [0.1, 0.15) is 45.6 Å². The zero-order valence-corrected chi connectivity index (χ0v) is 11.8. The lowest BCUT2D eigenvalue weighted by molar-refractivity contribution is 0.194. The van der Waals surface area contributed by atoms with E-state index in [0.29, 0.717) is 6.10 Å². The van der Waals surface area contributed by atoms with Crippen molar-refractivity contribution in [1.29, 1.82) is 0 Å². The molecule has 0 saturated carbocycles. The fourth-order valence-corrected chi connectivity index (χ4v) is 2.31. The molecular formula is C16H25NO. The van der Waals surface area contributed by atoms with Gasteiger partial charge in [0, 0.05) is 6.54 Å². The number of rotatable bonds is 2. The van der Waals surface area contributed by atoms with Gasteiger partial charge in [-0.25, -0.2) is 0 Å². The van der Waals surface area contributed by atoms with Crippen molar-refractivity contribution in [1.82, 2.24) is 5.32 Å². The maximum atomic E-state index is 6.04. The third-order valence-corrected chi connectivity index (χ3v) is 3.52. The lowest BCUT2D eigenvalue weighted by Gasteiger charge is -2.21. The minimum absolute atomic E-state index is 0.211. The van der Waals surface area contributed by atoms with Crippen LogP contribution < -0.4 is 10.1 Å². The summed E-state index contributed by atoms with van der Waals surface area (Å²) in [4.78, 5) is 0. The molecule has 100 valence electrons. The van der Waals surface area contributed by atoms with Crippen LogP contribution in [0.25, 0.3) is 0 Å². The summed E-state index contributed by atoms with van der Waals surface area (Å²) >= 11 is 0. The molecule has 1 N–H and O–H groups in total. The molecule has 1 fully saturated rings. The smallest absolute Gasteiger partial charge is 0.119 e. The van der Waals surface area contributed by atoms with Crippen molar-refractivity contribution in [2.75, 3.05) is 13.1 Å². The Bertz CT molecular complexity index is 356. The minimum atomic E-state index is 0.211. The second kappa shape index (κ2) is 5.75. The summed E-state index contributed by atoms with van der Waals surface area (Å²) in [5, 5.41) is 3.43. The summed E-state index contributed by atoms with van der Waals surface area (Å²) in [5.41, 5.74) is 1.57. The van der Waals surface area contributed by atoms with Crippen LogP contribution in [-0.2, 0) is 5.41 Å². The van der Waals surface area contributed by atoms with E-state index in [-0.39, 0.29) is 5.41 Å². The molecule has 2 rings (SSSR count). The molecule has 0 spiro atoms. The molecule has 1 aromatic rings. The van der Waals surface area contributed by atoms with Gasteiger partial charge in [-0.05, 0) is 48.9 Å². The number of hydrogen-bond donors (Lipinski definition) is 1. The molecule has 2 nitrogen and oxygen atoms in total. The number of hydrogen-bond acceptors (Lipinski definition) is 2. The SMILES string of the molecule is CC(C)(C)c1ccc(OC2CCCCNC2)cc1. The van der Waals surface area contributed by atoms with Crippen LogP contribution in [0.3, 0.4) is 0 Å². The van der Waals surface area contributed by atoms with Gasteiger partial charge in [0.2, 0.25) is 0 Å². The quantitative estimate of drug-likeness (QED) is 0.863. The Hall–Kier alpha value is -1.02. The summed E-state index contributed by atoms with van der Waals surface area (Å²) in [6, 6.07) is 8.57. The van der Waals surface area contributed by atoms with Crippen molar-refractivity contribution in [2.45, 2.75) is 51.6 Å². The van der Waals surface area contributed by atoms with Crippen LogP contribution in [0.4, 0.5) is 0 Å². The molecule has 18 heavy (non-hydrogen) atoms. The van der Waals surface area contributed by atoms with E-state index >= 15 is 0 Å². The molecule has 0 bridgehead atoms. The molecule has 0 aromatic heterocycles. The first-order valence-corrected chi connectivity index (χ1v) is 7.03. The average molecular weight is 247 g/mol. The van der Waals surface area contributed by atoms with Crippen molar-refractivity contribution >= 4 is 0 Å². The summed E-state index contributed by atoms with van der Waals surface area (Å²) in [6.07, 6.45) is 4.02. The Morgan fingerprint density at radius 1 is 1.11 bits per heavy atom. The van der Waals surface area contributed by atoms with Gasteiger partial charge < -0.3 is 10.1 Å². The van der Waals surface area contributed by atoms with Gasteiger partial charge in [-0.3, -0.25) is 0 Å². The molecule has 0 radical (unpaired) electrons. The van der Waals surface area contributed by atoms with E-state index in [9.17, 15) is 0 Å². The first-order valence-electron chi connectivity index (χ1n) is 7.03. The van der Waals surface area contributed by atoms with Crippen LogP contribution in [0.15, 0.2) is 24.3 Å². The van der Waals surface area contributed by atoms with E-state index in [1.165, 1.54) is 18.4 Å². The lowest BCUT2D eigenvalue weighted by atomic mass is 9.87. The zero-order chi connectivity index (χ0) is 13.0. The summed E-state index contributed by atoms with van der Waals surface area (Å²) in [6.45, 7) is 8.80. The third kappa shape index (κ3) is 3.74. The molecule has 1 atom stereocenters. The molecule has 1 aromatic carbocycles. The van der Waals surface area contributed by atoms with Gasteiger partial charge in [0.05, 0.1) is 0 Å². The maximum Gasteiger partial charge on any atom is 0.119 e. The van der Waals surface area contributed by atoms with Gasteiger partial charge in [-0.15, -0.1) is 0 Å². The van der Waals surface area contributed by atoms with Gasteiger partial charge in [-0.2, -0.15) is 0 Å². The molecule has 1 heterocycles. The molecule has 2 heteroatoms. The largest absolute Gasteiger partial charge is 0.489 e. The first kappa shape index (κ1) is 13.4. The molecule has 1 saturated heterocycles. The third-order valence-electron chi connectivity index (χ3n) is 3.52. The summed E-state index contributed by atoms with van der Waals surface area (Å²) in [5.74, 6) is 0.997. The maximum absolute atomic E-state index is 6.04. The van der Waals surface area contributed by atoms with Gasteiger partial charge >= 0.3 is 0 Å². The summed E-state index contributed by atoms with van der Waals surface area (Å²) < 4.78 is 6.04. The van der Waals surface area contributed by atoms with Gasteiger partial charge in [0.25, 0.3) is 0 Å². The van der Waals surface area contributed by atoms with Crippen LogP contribution in [0.2, 0.25) is 0 Å². The number of benzene rings is 1. The van der Waals surface area contributed by atoms with Crippen LogP contribution in [0.5, 0.6) is 5.75 Å². The predicted octanol–water partition coefficient (Wildman–Crippen LogP) is 3.51. The van der Waals surface area contributed by atoms with Crippen LogP contribution >= 0.6 is 0 Å². The highest BCUT2D eigenvalue weighted by Gasteiger charge is 2.15. The number of nitrogens with one attached hydrogen (secondary N) is 1. The lowest BCUT2D eigenvalue weighted by Crippen LogP contribution is -2.29.